The van der Waals surface area contributed by atoms with Crippen LogP contribution in [0.25, 0.3) is 0 Å². The standard InChI is InChI=1S/C19H37NO4/c21-17-20-18(22)15-13-11-9-7-5-3-1-2-4-6-8-10-12-14-16-19(23)24/h21H,1-17H2,(H,20,22)(H,23,24). The summed E-state index contributed by atoms with van der Waals surface area (Å²) in [4.78, 5) is 21.5. The summed E-state index contributed by atoms with van der Waals surface area (Å²) in [5, 5.41) is 19.5. The number of carboxylic acid groups (broad SMARTS) is 1. The number of carbonyl (C=O) groups is 2. The maximum absolute atomic E-state index is 11.1. The molecule has 0 fully saturated rings. The van der Waals surface area contributed by atoms with Gasteiger partial charge in [0.1, 0.15) is 6.73 Å². The van der Waals surface area contributed by atoms with E-state index in [4.69, 9.17) is 10.2 Å². The summed E-state index contributed by atoms with van der Waals surface area (Å²) in [5.41, 5.74) is 0. The van der Waals surface area contributed by atoms with E-state index in [0.717, 1.165) is 25.7 Å². The summed E-state index contributed by atoms with van der Waals surface area (Å²) in [5.74, 6) is -0.735. The van der Waals surface area contributed by atoms with Crippen LogP contribution >= 0.6 is 0 Å². The Labute approximate surface area is 147 Å². The van der Waals surface area contributed by atoms with Crippen LogP contribution in [0.2, 0.25) is 0 Å². The van der Waals surface area contributed by atoms with E-state index in [2.05, 4.69) is 5.32 Å². The van der Waals surface area contributed by atoms with E-state index in [1.807, 2.05) is 0 Å². The Morgan fingerprint density at radius 2 is 0.917 bits per heavy atom. The van der Waals surface area contributed by atoms with Gasteiger partial charge in [0.25, 0.3) is 0 Å². The second-order valence-corrected chi connectivity index (χ2v) is 6.60. The maximum atomic E-state index is 11.1. The van der Waals surface area contributed by atoms with Gasteiger partial charge in [-0.25, -0.2) is 0 Å². The molecule has 0 atom stereocenters. The lowest BCUT2D eigenvalue weighted by Crippen LogP contribution is -2.23. The van der Waals surface area contributed by atoms with Gasteiger partial charge >= 0.3 is 5.97 Å². The number of carbonyl (C=O) groups excluding carboxylic acids is 1. The van der Waals surface area contributed by atoms with Gasteiger partial charge in [0.2, 0.25) is 5.91 Å². The Morgan fingerprint density at radius 3 is 1.25 bits per heavy atom. The van der Waals surface area contributed by atoms with Crippen LogP contribution in [0, 0.1) is 0 Å². The van der Waals surface area contributed by atoms with E-state index in [1.165, 1.54) is 64.2 Å². The molecule has 0 aliphatic heterocycles. The molecule has 0 radical (unpaired) electrons. The highest BCUT2D eigenvalue weighted by atomic mass is 16.4. The van der Waals surface area contributed by atoms with Crippen LogP contribution in [-0.2, 0) is 9.59 Å². The zero-order valence-electron chi connectivity index (χ0n) is 15.2. The quantitative estimate of drug-likeness (QED) is 0.255. The van der Waals surface area contributed by atoms with E-state index in [9.17, 15) is 9.59 Å². The van der Waals surface area contributed by atoms with Crippen LogP contribution < -0.4 is 5.32 Å². The minimum Gasteiger partial charge on any atom is -0.481 e. The number of rotatable bonds is 18. The first-order chi connectivity index (χ1) is 11.7. The second-order valence-electron chi connectivity index (χ2n) is 6.60. The normalized spacial score (nSPS) is 10.7. The molecular formula is C19H37NO4. The van der Waals surface area contributed by atoms with Crippen molar-refractivity contribution in [2.45, 2.75) is 103 Å². The van der Waals surface area contributed by atoms with E-state index in [-0.39, 0.29) is 12.6 Å². The van der Waals surface area contributed by atoms with Crippen molar-refractivity contribution in [1.29, 1.82) is 0 Å². The molecule has 5 heteroatoms. The molecule has 0 aromatic rings. The number of hydrogen-bond acceptors (Lipinski definition) is 3. The summed E-state index contributed by atoms with van der Waals surface area (Å²) < 4.78 is 0. The first kappa shape index (κ1) is 22.9. The van der Waals surface area contributed by atoms with Crippen LogP contribution in [0.5, 0.6) is 0 Å². The highest BCUT2D eigenvalue weighted by Crippen LogP contribution is 2.13. The smallest absolute Gasteiger partial charge is 0.303 e. The summed E-state index contributed by atoms with van der Waals surface area (Å²) in [7, 11) is 0. The fraction of sp³-hybridized carbons (Fsp3) is 0.895. The van der Waals surface area contributed by atoms with E-state index in [1.54, 1.807) is 0 Å². The van der Waals surface area contributed by atoms with Crippen LogP contribution in [-0.4, -0.2) is 28.8 Å². The van der Waals surface area contributed by atoms with Crippen molar-refractivity contribution >= 4 is 11.9 Å². The van der Waals surface area contributed by atoms with Gasteiger partial charge in [-0.3, -0.25) is 9.59 Å². The molecule has 5 nitrogen and oxygen atoms in total. The number of aliphatic hydroxyl groups is 1. The first-order valence-electron chi connectivity index (χ1n) is 9.76. The van der Waals surface area contributed by atoms with Crippen LogP contribution in [0.1, 0.15) is 103 Å². The molecule has 0 aromatic heterocycles. The van der Waals surface area contributed by atoms with Gasteiger partial charge in [-0.05, 0) is 12.8 Å². The molecule has 142 valence electrons. The summed E-state index contributed by atoms with van der Waals surface area (Å²) in [6.45, 7) is -0.260. The van der Waals surface area contributed by atoms with Gasteiger partial charge in [0.05, 0.1) is 0 Å². The summed E-state index contributed by atoms with van der Waals surface area (Å²) in [6.07, 6.45) is 17.4. The van der Waals surface area contributed by atoms with Crippen molar-refractivity contribution in [3.05, 3.63) is 0 Å². The molecule has 0 aromatic carbocycles. The third-order valence-corrected chi connectivity index (χ3v) is 4.32. The predicted octanol–water partition coefficient (Wildman–Crippen LogP) is 4.38. The average molecular weight is 344 g/mol. The monoisotopic (exact) mass is 343 g/mol. The SMILES string of the molecule is O=C(O)CCCCCCCCCCCCCCCCC(=O)NCO. The molecule has 0 saturated carbocycles. The lowest BCUT2D eigenvalue weighted by atomic mass is 10.0. The zero-order chi connectivity index (χ0) is 17.9. The number of aliphatic hydroxyl groups excluding tert-OH is 1. The Bertz CT molecular complexity index is 308. The number of nitrogens with one attached hydrogen (secondary N) is 1. The molecule has 0 aliphatic rings. The number of hydrogen-bond donors (Lipinski definition) is 3. The molecule has 0 unspecified atom stereocenters. The molecule has 0 aliphatic carbocycles. The Morgan fingerprint density at radius 1 is 0.583 bits per heavy atom. The van der Waals surface area contributed by atoms with E-state index >= 15 is 0 Å². The van der Waals surface area contributed by atoms with Crippen molar-refractivity contribution in [1.82, 2.24) is 5.32 Å². The van der Waals surface area contributed by atoms with Gasteiger partial charge in [-0.1, -0.05) is 77.0 Å². The van der Waals surface area contributed by atoms with Crippen molar-refractivity contribution in [3.63, 3.8) is 0 Å². The third kappa shape index (κ3) is 18.9. The predicted molar refractivity (Wildman–Crippen MR) is 96.7 cm³/mol. The minimum atomic E-state index is -0.679. The van der Waals surface area contributed by atoms with Crippen molar-refractivity contribution in [2.24, 2.45) is 0 Å². The van der Waals surface area contributed by atoms with Crippen molar-refractivity contribution in [3.8, 4) is 0 Å². The second kappa shape index (κ2) is 18.2. The topological polar surface area (TPSA) is 86.6 Å². The Balaban J connectivity index is 3.05. The maximum Gasteiger partial charge on any atom is 0.303 e. The van der Waals surface area contributed by atoms with Crippen molar-refractivity contribution in [2.75, 3.05) is 6.73 Å². The number of aliphatic carboxylic acids is 1. The van der Waals surface area contributed by atoms with Gasteiger partial charge in [0, 0.05) is 12.8 Å². The van der Waals surface area contributed by atoms with Crippen LogP contribution in [0.4, 0.5) is 0 Å². The van der Waals surface area contributed by atoms with Gasteiger partial charge < -0.3 is 15.5 Å². The van der Waals surface area contributed by atoms with Gasteiger partial charge in [-0.15, -0.1) is 0 Å². The number of amides is 1. The molecule has 0 spiro atoms. The molecule has 0 rings (SSSR count). The molecule has 24 heavy (non-hydrogen) atoms. The molecule has 0 bridgehead atoms. The fourth-order valence-electron chi connectivity index (χ4n) is 2.86. The van der Waals surface area contributed by atoms with Crippen LogP contribution in [0.15, 0.2) is 0 Å². The summed E-state index contributed by atoms with van der Waals surface area (Å²) >= 11 is 0. The van der Waals surface area contributed by atoms with Gasteiger partial charge in [0.15, 0.2) is 0 Å². The highest BCUT2D eigenvalue weighted by molar-refractivity contribution is 5.75. The molecule has 0 saturated heterocycles. The van der Waals surface area contributed by atoms with Crippen molar-refractivity contribution < 1.29 is 19.8 Å². The summed E-state index contributed by atoms with van der Waals surface area (Å²) in [6, 6.07) is 0. The number of unbranched alkanes of at least 4 members (excludes halogenated alkanes) is 13. The Kier molecular flexibility index (Phi) is 17.4. The molecule has 3 N–H and O–H groups in total. The first-order valence-corrected chi connectivity index (χ1v) is 9.76. The Hall–Kier alpha value is -1.10. The zero-order valence-corrected chi connectivity index (χ0v) is 15.2. The van der Waals surface area contributed by atoms with Crippen LogP contribution in [0.3, 0.4) is 0 Å². The average Bonchev–Trinajstić information content (AvgIpc) is 2.54. The number of carboxylic acids is 1. The lowest BCUT2D eigenvalue weighted by molar-refractivity contribution is -0.137. The minimum absolute atomic E-state index is 0.0561. The van der Waals surface area contributed by atoms with E-state index in [0.29, 0.717) is 12.8 Å². The fourth-order valence-corrected chi connectivity index (χ4v) is 2.86. The third-order valence-electron chi connectivity index (χ3n) is 4.32. The molecule has 0 heterocycles. The molecular weight excluding hydrogens is 306 g/mol. The lowest BCUT2D eigenvalue weighted by Gasteiger charge is -2.04. The highest BCUT2D eigenvalue weighted by Gasteiger charge is 1.99. The van der Waals surface area contributed by atoms with Gasteiger partial charge in [-0.2, -0.15) is 0 Å². The van der Waals surface area contributed by atoms with E-state index < -0.39 is 5.97 Å². The molecule has 1 amide bonds. The largest absolute Gasteiger partial charge is 0.481 e.